The summed E-state index contributed by atoms with van der Waals surface area (Å²) in [5.74, 6) is -0.441. The van der Waals surface area contributed by atoms with Crippen molar-refractivity contribution in [2.75, 3.05) is 25.0 Å². The van der Waals surface area contributed by atoms with Crippen molar-refractivity contribution in [3.8, 4) is 5.88 Å². The summed E-state index contributed by atoms with van der Waals surface area (Å²) in [6.07, 6.45) is 2.96. The van der Waals surface area contributed by atoms with E-state index < -0.39 is 15.8 Å². The van der Waals surface area contributed by atoms with Gasteiger partial charge in [-0.2, -0.15) is 4.31 Å². The van der Waals surface area contributed by atoms with Crippen LogP contribution < -0.4 is 10.1 Å². The molecule has 1 atom stereocenters. The number of aromatic nitrogens is 2. The second kappa shape index (κ2) is 7.64. The maximum Gasteiger partial charge on any atom is 0.254 e. The number of carbonyl (C=O) groups is 1. The van der Waals surface area contributed by atoms with Crippen molar-refractivity contribution in [3.63, 3.8) is 0 Å². The average molecular weight is 400 g/mol. The normalized spacial score (nSPS) is 18.0. The number of anilines is 1. The van der Waals surface area contributed by atoms with Gasteiger partial charge in [0.25, 0.3) is 10.0 Å². The predicted octanol–water partition coefficient (Wildman–Crippen LogP) is 1.73. The van der Waals surface area contributed by atoms with Crippen molar-refractivity contribution in [2.45, 2.75) is 17.6 Å². The lowest BCUT2D eigenvalue weighted by molar-refractivity contribution is -0.114. The summed E-state index contributed by atoms with van der Waals surface area (Å²) in [7, 11) is -3.66. The molecule has 1 fully saturated rings. The fraction of sp³-hybridized carbons (Fsp3) is 0.400. The Morgan fingerprint density at radius 2 is 2.23 bits per heavy atom. The van der Waals surface area contributed by atoms with Gasteiger partial charge in [0, 0.05) is 32.0 Å². The van der Waals surface area contributed by atoms with Crippen molar-refractivity contribution in [2.24, 2.45) is 5.92 Å². The Labute approximate surface area is 154 Å². The van der Waals surface area contributed by atoms with Gasteiger partial charge in [-0.25, -0.2) is 22.8 Å². The summed E-state index contributed by atoms with van der Waals surface area (Å²) < 4.78 is 45.2. The topological polar surface area (TPSA) is 101 Å². The zero-order chi connectivity index (χ0) is 18.7. The van der Waals surface area contributed by atoms with Crippen LogP contribution in [0, 0.1) is 11.7 Å². The Balaban J connectivity index is 1.59. The summed E-state index contributed by atoms with van der Waals surface area (Å²) in [4.78, 5) is 18.8. The Hall–Kier alpha value is -2.11. The molecule has 0 saturated carbocycles. The second-order valence-electron chi connectivity index (χ2n) is 5.81. The molecule has 0 spiro atoms. The predicted molar refractivity (Wildman–Crippen MR) is 93.0 cm³/mol. The molecule has 1 unspecified atom stereocenters. The van der Waals surface area contributed by atoms with E-state index in [0.29, 0.717) is 32.0 Å². The third-order valence-electron chi connectivity index (χ3n) is 3.78. The number of halogens is 1. The minimum absolute atomic E-state index is 0.0133. The lowest BCUT2D eigenvalue weighted by Gasteiger charge is -2.15. The quantitative estimate of drug-likeness (QED) is 0.792. The Kier molecular flexibility index (Phi) is 5.49. The van der Waals surface area contributed by atoms with Crippen molar-refractivity contribution in [1.82, 2.24) is 14.3 Å². The molecule has 1 N–H and O–H groups in total. The number of pyridine rings is 1. The molecule has 0 bridgehead atoms. The van der Waals surface area contributed by atoms with E-state index in [2.05, 4.69) is 15.3 Å². The van der Waals surface area contributed by atoms with Crippen LogP contribution >= 0.6 is 11.3 Å². The van der Waals surface area contributed by atoms with E-state index in [-0.39, 0.29) is 21.2 Å². The summed E-state index contributed by atoms with van der Waals surface area (Å²) >= 11 is 0.918. The number of rotatable bonds is 6. The molecule has 0 aromatic carbocycles. The number of amides is 1. The number of ether oxygens (including phenoxy) is 1. The molecule has 2 aromatic rings. The fourth-order valence-electron chi connectivity index (χ4n) is 2.52. The molecule has 0 radical (unpaired) electrons. The third kappa shape index (κ3) is 4.34. The molecule has 140 valence electrons. The van der Waals surface area contributed by atoms with Crippen molar-refractivity contribution in [3.05, 3.63) is 30.3 Å². The maximum absolute atomic E-state index is 12.8. The first-order chi connectivity index (χ1) is 12.3. The lowest BCUT2D eigenvalue weighted by atomic mass is 10.1. The molecule has 1 aliphatic rings. The molecular weight excluding hydrogens is 383 g/mol. The van der Waals surface area contributed by atoms with Crippen LogP contribution in [0.4, 0.5) is 9.52 Å². The van der Waals surface area contributed by atoms with Gasteiger partial charge in [-0.1, -0.05) is 11.3 Å². The zero-order valence-corrected chi connectivity index (χ0v) is 15.5. The van der Waals surface area contributed by atoms with E-state index in [4.69, 9.17) is 4.74 Å². The van der Waals surface area contributed by atoms with Crippen LogP contribution in [0.5, 0.6) is 5.88 Å². The highest BCUT2D eigenvalue weighted by Gasteiger charge is 2.34. The van der Waals surface area contributed by atoms with Crippen LogP contribution in [0.1, 0.15) is 13.3 Å². The van der Waals surface area contributed by atoms with Crippen LogP contribution in [-0.4, -0.2) is 48.3 Å². The number of hydrogen-bond donors (Lipinski definition) is 1. The van der Waals surface area contributed by atoms with Crippen LogP contribution in [0.3, 0.4) is 0 Å². The standard InChI is InChI=1S/C15H17FN4O4S2/c1-10(21)19-15-18-7-14(25-15)26(22,23)20-5-4-11(8-20)9-24-13-3-2-12(16)6-17-13/h2-3,6-7,11H,4-5,8-9H2,1H3,(H,18,19,21). The highest BCUT2D eigenvalue weighted by atomic mass is 32.2. The molecule has 8 nitrogen and oxygen atoms in total. The highest BCUT2D eigenvalue weighted by molar-refractivity contribution is 7.91. The minimum atomic E-state index is -3.66. The van der Waals surface area contributed by atoms with Crippen LogP contribution in [0.2, 0.25) is 0 Å². The highest BCUT2D eigenvalue weighted by Crippen LogP contribution is 2.29. The van der Waals surface area contributed by atoms with E-state index >= 15 is 0 Å². The number of nitrogens with one attached hydrogen (secondary N) is 1. The summed E-state index contributed by atoms with van der Waals surface area (Å²) in [5.41, 5.74) is 0. The molecule has 11 heteroatoms. The largest absolute Gasteiger partial charge is 0.477 e. The monoisotopic (exact) mass is 400 g/mol. The van der Waals surface area contributed by atoms with Crippen LogP contribution in [0.15, 0.2) is 28.7 Å². The van der Waals surface area contributed by atoms with Gasteiger partial charge in [0.05, 0.1) is 19.0 Å². The Morgan fingerprint density at radius 3 is 2.92 bits per heavy atom. The average Bonchev–Trinajstić information content (AvgIpc) is 3.24. The maximum atomic E-state index is 12.8. The van der Waals surface area contributed by atoms with Gasteiger partial charge < -0.3 is 10.1 Å². The first kappa shape index (κ1) is 18.7. The van der Waals surface area contributed by atoms with Gasteiger partial charge >= 0.3 is 0 Å². The smallest absolute Gasteiger partial charge is 0.254 e. The number of carbonyl (C=O) groups excluding carboxylic acids is 1. The van der Waals surface area contributed by atoms with Gasteiger partial charge in [0.2, 0.25) is 11.8 Å². The van der Waals surface area contributed by atoms with Gasteiger partial charge in [-0.3, -0.25) is 4.79 Å². The molecular formula is C15H17FN4O4S2. The lowest BCUT2D eigenvalue weighted by Crippen LogP contribution is -2.29. The van der Waals surface area contributed by atoms with Crippen molar-refractivity contribution in [1.29, 1.82) is 0 Å². The van der Waals surface area contributed by atoms with Crippen LogP contribution in [-0.2, 0) is 14.8 Å². The first-order valence-electron chi connectivity index (χ1n) is 7.82. The van der Waals surface area contributed by atoms with E-state index in [1.807, 2.05) is 0 Å². The van der Waals surface area contributed by atoms with E-state index in [1.54, 1.807) is 0 Å². The molecule has 1 amide bonds. The first-order valence-corrected chi connectivity index (χ1v) is 10.1. The van der Waals surface area contributed by atoms with E-state index in [9.17, 15) is 17.6 Å². The SMILES string of the molecule is CC(=O)Nc1ncc(S(=O)(=O)N2CCC(COc3ccc(F)cn3)C2)s1. The fourth-order valence-corrected chi connectivity index (χ4v) is 5.28. The summed E-state index contributed by atoms with van der Waals surface area (Å²) in [6.45, 7) is 2.32. The van der Waals surface area contributed by atoms with E-state index in [0.717, 1.165) is 17.5 Å². The number of hydrogen-bond acceptors (Lipinski definition) is 7. The van der Waals surface area contributed by atoms with Crippen molar-refractivity contribution >= 4 is 32.4 Å². The van der Waals surface area contributed by atoms with Crippen LogP contribution in [0.25, 0.3) is 0 Å². The molecule has 1 saturated heterocycles. The molecule has 2 aromatic heterocycles. The number of nitrogens with zero attached hydrogens (tertiary/aromatic N) is 3. The van der Waals surface area contributed by atoms with Crippen molar-refractivity contribution < 1.29 is 22.3 Å². The molecule has 0 aliphatic carbocycles. The molecule has 26 heavy (non-hydrogen) atoms. The third-order valence-corrected chi connectivity index (χ3v) is 6.99. The Morgan fingerprint density at radius 1 is 1.42 bits per heavy atom. The number of thiazole rings is 1. The summed E-state index contributed by atoms with van der Waals surface area (Å²) in [6, 6.07) is 2.68. The Bertz CT molecular complexity index is 885. The van der Waals surface area contributed by atoms with Gasteiger partial charge in [0.1, 0.15) is 5.82 Å². The zero-order valence-electron chi connectivity index (χ0n) is 13.9. The summed E-state index contributed by atoms with van der Waals surface area (Å²) in [5, 5.41) is 2.72. The van der Waals surface area contributed by atoms with E-state index in [1.165, 1.54) is 29.6 Å². The van der Waals surface area contributed by atoms with Gasteiger partial charge in [0.15, 0.2) is 9.34 Å². The minimum Gasteiger partial charge on any atom is -0.477 e. The number of sulfonamides is 1. The second-order valence-corrected chi connectivity index (χ2v) is 9.00. The molecule has 3 heterocycles. The molecule has 3 rings (SSSR count). The van der Waals surface area contributed by atoms with Gasteiger partial charge in [-0.15, -0.1) is 0 Å². The van der Waals surface area contributed by atoms with Gasteiger partial charge in [-0.05, 0) is 12.5 Å². The molecule has 1 aliphatic heterocycles.